The maximum atomic E-state index is 13.1. The summed E-state index contributed by atoms with van der Waals surface area (Å²) in [5.74, 6) is -1.06. The highest BCUT2D eigenvalue weighted by molar-refractivity contribution is 6.12. The van der Waals surface area contributed by atoms with E-state index in [1.165, 1.54) is 0 Å². The molecule has 8 nitrogen and oxygen atoms in total. The fourth-order valence-corrected chi connectivity index (χ4v) is 3.22. The van der Waals surface area contributed by atoms with Crippen LogP contribution in [0.25, 0.3) is 22.2 Å². The van der Waals surface area contributed by atoms with Crippen LogP contribution in [0.1, 0.15) is 30.6 Å². The van der Waals surface area contributed by atoms with Crippen LogP contribution in [-0.4, -0.2) is 38.4 Å². The predicted octanol–water partition coefficient (Wildman–Crippen LogP) is 2.66. The number of carbonyl (C=O) groups is 3. The molecule has 2 N–H and O–H groups in total. The topological polar surface area (TPSA) is 104 Å². The van der Waals surface area contributed by atoms with E-state index >= 15 is 0 Å². The largest absolute Gasteiger partial charge is 0.344 e. The molecular weight excluding hydrogens is 370 g/mol. The van der Waals surface area contributed by atoms with Crippen molar-refractivity contribution in [3.8, 4) is 11.3 Å². The second-order valence-electron chi connectivity index (χ2n) is 7.01. The molecule has 0 saturated carbocycles. The van der Waals surface area contributed by atoms with Crippen LogP contribution in [-0.2, 0) is 4.79 Å². The lowest BCUT2D eigenvalue weighted by atomic mass is 10.00. The molecule has 1 saturated heterocycles. The number of para-hydroxylation sites is 1. The molecule has 1 aliphatic heterocycles. The zero-order valence-corrected chi connectivity index (χ0v) is 16.0. The molecule has 1 fully saturated rings. The van der Waals surface area contributed by atoms with Gasteiger partial charge in [0.15, 0.2) is 0 Å². The average molecular weight is 389 g/mol. The number of nitrogens with one attached hydrogen (secondary N) is 2. The molecule has 146 valence electrons. The zero-order valence-electron chi connectivity index (χ0n) is 16.0. The first kappa shape index (κ1) is 18.5. The van der Waals surface area contributed by atoms with Crippen molar-refractivity contribution < 1.29 is 14.4 Å². The first-order chi connectivity index (χ1) is 13.9. The van der Waals surface area contributed by atoms with E-state index in [1.807, 2.05) is 6.07 Å². The van der Waals surface area contributed by atoms with Crippen LogP contribution < -0.4 is 10.7 Å². The monoisotopic (exact) mass is 389 g/mol. The first-order valence-corrected chi connectivity index (χ1v) is 9.21. The van der Waals surface area contributed by atoms with Crippen molar-refractivity contribution in [2.75, 3.05) is 0 Å². The van der Waals surface area contributed by atoms with Gasteiger partial charge in [-0.1, -0.05) is 25.1 Å². The fourth-order valence-electron chi connectivity index (χ4n) is 3.22. The van der Waals surface area contributed by atoms with E-state index in [-0.39, 0.29) is 0 Å². The Labute approximate surface area is 166 Å². The molecule has 0 spiro atoms. The van der Waals surface area contributed by atoms with Crippen molar-refractivity contribution in [1.82, 2.24) is 25.7 Å². The number of hydrogen-bond donors (Lipinski definition) is 2. The summed E-state index contributed by atoms with van der Waals surface area (Å²) in [6.07, 6.45) is 3.70. The van der Waals surface area contributed by atoms with Gasteiger partial charge in [-0.05, 0) is 37.6 Å². The van der Waals surface area contributed by atoms with Gasteiger partial charge in [-0.3, -0.25) is 20.0 Å². The average Bonchev–Trinajstić information content (AvgIpc) is 2.97. The molecule has 0 bridgehead atoms. The summed E-state index contributed by atoms with van der Waals surface area (Å²) in [5.41, 5.74) is 3.74. The Balaban J connectivity index is 1.74. The van der Waals surface area contributed by atoms with E-state index in [0.29, 0.717) is 28.6 Å². The summed E-state index contributed by atoms with van der Waals surface area (Å²) < 4.78 is 0. The number of fused-ring (bicyclic) bond motifs is 1. The molecule has 1 unspecified atom stereocenters. The van der Waals surface area contributed by atoms with Gasteiger partial charge in [0.2, 0.25) is 0 Å². The molecular formula is C21H19N5O3. The van der Waals surface area contributed by atoms with Gasteiger partial charge in [0.05, 0.1) is 16.8 Å². The fraction of sp³-hybridized carbons (Fsp3) is 0.190. The number of hydrogen-bond acceptors (Lipinski definition) is 5. The summed E-state index contributed by atoms with van der Waals surface area (Å²) in [7, 11) is 0. The van der Waals surface area contributed by atoms with Crippen LogP contribution >= 0.6 is 0 Å². The molecule has 2 aromatic heterocycles. The van der Waals surface area contributed by atoms with Crippen molar-refractivity contribution in [2.24, 2.45) is 0 Å². The lowest BCUT2D eigenvalue weighted by Gasteiger charge is -2.19. The van der Waals surface area contributed by atoms with Crippen molar-refractivity contribution in [3.63, 3.8) is 0 Å². The number of hydrazine groups is 1. The number of rotatable bonds is 4. The van der Waals surface area contributed by atoms with E-state index in [9.17, 15) is 14.4 Å². The number of urea groups is 1. The van der Waals surface area contributed by atoms with Gasteiger partial charge < -0.3 is 5.32 Å². The van der Waals surface area contributed by atoms with Crippen LogP contribution in [0.5, 0.6) is 0 Å². The molecule has 8 heteroatoms. The zero-order chi connectivity index (χ0) is 20.6. The van der Waals surface area contributed by atoms with E-state index < -0.39 is 23.4 Å². The van der Waals surface area contributed by atoms with Crippen molar-refractivity contribution in [3.05, 3.63) is 60.4 Å². The van der Waals surface area contributed by atoms with Gasteiger partial charge in [0.25, 0.3) is 11.8 Å². The molecule has 0 radical (unpaired) electrons. The third-order valence-corrected chi connectivity index (χ3v) is 5.12. The lowest BCUT2D eigenvalue weighted by molar-refractivity contribution is -0.132. The third-order valence-electron chi connectivity index (χ3n) is 5.12. The molecule has 3 heterocycles. The minimum atomic E-state index is -1.03. The SMILES string of the molecule is CCC1(C)NC(=O)N(NC(=O)c2cc(-c3ccncc3)nc3ccccc23)C1=O. The Morgan fingerprint density at radius 2 is 1.90 bits per heavy atom. The second kappa shape index (κ2) is 6.97. The molecule has 4 amide bonds. The standard InChI is InChI=1S/C21H19N5O3/c1-3-21(2)19(28)26(20(29)24-21)25-18(27)15-12-17(13-8-10-22-11-9-13)23-16-7-5-4-6-14(15)16/h4-12H,3H2,1-2H3,(H,24,29)(H,25,27). The number of pyridine rings is 2. The van der Waals surface area contributed by atoms with Gasteiger partial charge in [-0.15, -0.1) is 0 Å². The van der Waals surface area contributed by atoms with Crippen LogP contribution in [0, 0.1) is 0 Å². The summed E-state index contributed by atoms with van der Waals surface area (Å²) in [6.45, 7) is 3.42. The third kappa shape index (κ3) is 3.18. The number of nitrogens with zero attached hydrogens (tertiary/aromatic N) is 3. The molecule has 1 aliphatic rings. The number of amides is 4. The number of imide groups is 1. The summed E-state index contributed by atoms with van der Waals surface area (Å²) in [6, 6.07) is 11.8. The second-order valence-corrected chi connectivity index (χ2v) is 7.01. The van der Waals surface area contributed by atoms with Gasteiger partial charge in [0.1, 0.15) is 5.54 Å². The Hall–Kier alpha value is -3.81. The number of benzene rings is 1. The lowest BCUT2D eigenvalue weighted by Crippen LogP contribution is -2.48. The molecule has 1 atom stereocenters. The first-order valence-electron chi connectivity index (χ1n) is 9.21. The quantitative estimate of drug-likeness (QED) is 0.668. The number of carbonyl (C=O) groups excluding carboxylic acids is 3. The van der Waals surface area contributed by atoms with E-state index in [1.54, 1.807) is 62.6 Å². The highest BCUT2D eigenvalue weighted by atomic mass is 16.2. The molecule has 3 aromatic rings. The molecule has 29 heavy (non-hydrogen) atoms. The number of aromatic nitrogens is 2. The minimum absolute atomic E-state index is 0.313. The maximum Gasteiger partial charge on any atom is 0.344 e. The Bertz CT molecular complexity index is 1130. The smallest absolute Gasteiger partial charge is 0.322 e. The van der Waals surface area contributed by atoms with Gasteiger partial charge in [0, 0.05) is 23.3 Å². The normalized spacial score (nSPS) is 18.8. The minimum Gasteiger partial charge on any atom is -0.322 e. The van der Waals surface area contributed by atoms with E-state index in [0.717, 1.165) is 10.6 Å². The Morgan fingerprint density at radius 3 is 2.59 bits per heavy atom. The van der Waals surface area contributed by atoms with Crippen molar-refractivity contribution in [1.29, 1.82) is 0 Å². The summed E-state index contributed by atoms with van der Waals surface area (Å²) in [4.78, 5) is 46.5. The Morgan fingerprint density at radius 1 is 1.17 bits per heavy atom. The highest BCUT2D eigenvalue weighted by Gasteiger charge is 2.47. The highest BCUT2D eigenvalue weighted by Crippen LogP contribution is 2.25. The van der Waals surface area contributed by atoms with Crippen LogP contribution in [0.2, 0.25) is 0 Å². The van der Waals surface area contributed by atoms with Gasteiger partial charge >= 0.3 is 6.03 Å². The van der Waals surface area contributed by atoms with E-state index in [4.69, 9.17) is 0 Å². The van der Waals surface area contributed by atoms with Gasteiger partial charge in [-0.25, -0.2) is 9.78 Å². The van der Waals surface area contributed by atoms with Crippen LogP contribution in [0.15, 0.2) is 54.9 Å². The summed E-state index contributed by atoms with van der Waals surface area (Å²) in [5, 5.41) is 3.98. The Kier molecular flexibility index (Phi) is 4.46. The van der Waals surface area contributed by atoms with Crippen LogP contribution in [0.3, 0.4) is 0 Å². The van der Waals surface area contributed by atoms with Crippen molar-refractivity contribution in [2.45, 2.75) is 25.8 Å². The molecule has 1 aromatic carbocycles. The predicted molar refractivity (Wildman–Crippen MR) is 107 cm³/mol. The molecule has 4 rings (SSSR count). The summed E-state index contributed by atoms with van der Waals surface area (Å²) >= 11 is 0. The maximum absolute atomic E-state index is 13.1. The van der Waals surface area contributed by atoms with E-state index in [2.05, 4.69) is 20.7 Å². The van der Waals surface area contributed by atoms with Gasteiger partial charge in [-0.2, -0.15) is 5.01 Å². The van der Waals surface area contributed by atoms with Crippen LogP contribution in [0.4, 0.5) is 4.79 Å². The molecule has 0 aliphatic carbocycles. The van der Waals surface area contributed by atoms with Crippen molar-refractivity contribution >= 4 is 28.7 Å².